The molecular weight excluding hydrogens is 223 g/mol. The van der Waals surface area contributed by atoms with E-state index in [4.69, 9.17) is 10.5 Å². The van der Waals surface area contributed by atoms with Crippen molar-refractivity contribution in [2.75, 3.05) is 24.3 Å². The van der Waals surface area contributed by atoms with Gasteiger partial charge in [-0.3, -0.25) is 4.79 Å². The van der Waals surface area contributed by atoms with Crippen LogP contribution in [-0.4, -0.2) is 19.1 Å². The lowest BCUT2D eigenvalue weighted by atomic mass is 9.99. The lowest BCUT2D eigenvalue weighted by Gasteiger charge is -2.21. The zero-order valence-electron chi connectivity index (χ0n) is 9.41. The summed E-state index contributed by atoms with van der Waals surface area (Å²) in [4.78, 5) is 11.8. The van der Waals surface area contributed by atoms with Crippen LogP contribution in [0, 0.1) is 11.7 Å². The number of rotatable bonds is 2. The van der Waals surface area contributed by atoms with Crippen LogP contribution in [0.2, 0.25) is 0 Å². The van der Waals surface area contributed by atoms with Crippen molar-refractivity contribution in [2.45, 2.75) is 12.8 Å². The van der Waals surface area contributed by atoms with Gasteiger partial charge in [0.15, 0.2) is 0 Å². The van der Waals surface area contributed by atoms with Crippen LogP contribution in [0.1, 0.15) is 12.8 Å². The van der Waals surface area contributed by atoms with Crippen molar-refractivity contribution in [2.24, 2.45) is 5.92 Å². The Kier molecular flexibility index (Phi) is 3.58. The Morgan fingerprint density at radius 3 is 2.76 bits per heavy atom. The van der Waals surface area contributed by atoms with Crippen LogP contribution in [0.25, 0.3) is 0 Å². The van der Waals surface area contributed by atoms with E-state index in [0.29, 0.717) is 31.7 Å². The molecule has 0 atom stereocenters. The van der Waals surface area contributed by atoms with Gasteiger partial charge in [-0.15, -0.1) is 0 Å². The second-order valence-electron chi connectivity index (χ2n) is 4.11. The summed E-state index contributed by atoms with van der Waals surface area (Å²) in [5.41, 5.74) is 5.87. The number of hydrogen-bond donors (Lipinski definition) is 2. The fourth-order valence-corrected chi connectivity index (χ4v) is 1.81. The Labute approximate surface area is 98.9 Å². The van der Waals surface area contributed by atoms with Gasteiger partial charge in [0.1, 0.15) is 5.82 Å². The fourth-order valence-electron chi connectivity index (χ4n) is 1.81. The molecule has 0 bridgehead atoms. The standard InChI is InChI=1S/C12H15FN2O2/c13-10-7-9(1-2-11(10)14)15-12(16)8-3-5-17-6-4-8/h1-2,7-8H,3-6,14H2,(H,15,16). The van der Waals surface area contributed by atoms with E-state index in [2.05, 4.69) is 5.32 Å². The molecule has 1 aliphatic rings. The van der Waals surface area contributed by atoms with Crippen molar-refractivity contribution in [1.82, 2.24) is 0 Å². The molecule has 1 aliphatic heterocycles. The predicted octanol–water partition coefficient (Wildman–Crippen LogP) is 1.77. The van der Waals surface area contributed by atoms with Gasteiger partial charge in [-0.25, -0.2) is 4.39 Å². The topological polar surface area (TPSA) is 64.3 Å². The maximum absolute atomic E-state index is 13.2. The molecule has 0 aromatic heterocycles. The number of carbonyl (C=O) groups is 1. The van der Waals surface area contributed by atoms with Crippen LogP contribution in [-0.2, 0) is 9.53 Å². The van der Waals surface area contributed by atoms with Crippen molar-refractivity contribution in [3.05, 3.63) is 24.0 Å². The fraction of sp³-hybridized carbons (Fsp3) is 0.417. The van der Waals surface area contributed by atoms with Crippen molar-refractivity contribution >= 4 is 17.3 Å². The minimum Gasteiger partial charge on any atom is -0.396 e. The lowest BCUT2D eigenvalue weighted by molar-refractivity contribution is -0.122. The summed E-state index contributed by atoms with van der Waals surface area (Å²) in [6, 6.07) is 4.26. The monoisotopic (exact) mass is 238 g/mol. The van der Waals surface area contributed by atoms with Gasteiger partial charge in [0.2, 0.25) is 5.91 Å². The first-order valence-corrected chi connectivity index (χ1v) is 5.60. The van der Waals surface area contributed by atoms with Crippen LogP contribution in [0.4, 0.5) is 15.8 Å². The van der Waals surface area contributed by atoms with Gasteiger partial charge in [0.25, 0.3) is 0 Å². The van der Waals surface area contributed by atoms with E-state index >= 15 is 0 Å². The summed E-state index contributed by atoms with van der Waals surface area (Å²) >= 11 is 0. The smallest absolute Gasteiger partial charge is 0.227 e. The molecule has 0 spiro atoms. The van der Waals surface area contributed by atoms with Crippen LogP contribution in [0.3, 0.4) is 0 Å². The van der Waals surface area contributed by atoms with Gasteiger partial charge in [-0.1, -0.05) is 0 Å². The number of halogens is 1. The molecule has 3 N–H and O–H groups in total. The highest BCUT2D eigenvalue weighted by Gasteiger charge is 2.21. The summed E-state index contributed by atoms with van der Waals surface area (Å²) in [7, 11) is 0. The van der Waals surface area contributed by atoms with Gasteiger partial charge < -0.3 is 15.8 Å². The number of amides is 1. The second kappa shape index (κ2) is 5.14. The maximum Gasteiger partial charge on any atom is 0.227 e. The molecular formula is C12H15FN2O2. The molecule has 0 radical (unpaired) electrons. The molecule has 5 heteroatoms. The zero-order chi connectivity index (χ0) is 12.3. The van der Waals surface area contributed by atoms with E-state index in [0.717, 1.165) is 0 Å². The quantitative estimate of drug-likeness (QED) is 0.772. The van der Waals surface area contributed by atoms with E-state index in [9.17, 15) is 9.18 Å². The first kappa shape index (κ1) is 11.9. The molecule has 92 valence electrons. The third kappa shape index (κ3) is 2.94. The highest BCUT2D eigenvalue weighted by atomic mass is 19.1. The molecule has 1 saturated heterocycles. The third-order valence-corrected chi connectivity index (χ3v) is 2.86. The molecule has 2 rings (SSSR count). The minimum atomic E-state index is -0.519. The van der Waals surface area contributed by atoms with Gasteiger partial charge in [0, 0.05) is 24.8 Å². The number of nitrogen functional groups attached to an aromatic ring is 1. The Bertz CT molecular complexity index is 417. The van der Waals surface area contributed by atoms with E-state index in [-0.39, 0.29) is 17.5 Å². The van der Waals surface area contributed by atoms with Crippen LogP contribution in [0.15, 0.2) is 18.2 Å². The molecule has 1 amide bonds. The Balaban J connectivity index is 1.99. The largest absolute Gasteiger partial charge is 0.396 e. The van der Waals surface area contributed by atoms with E-state index < -0.39 is 5.82 Å². The molecule has 1 aromatic rings. The normalized spacial score (nSPS) is 16.8. The van der Waals surface area contributed by atoms with Gasteiger partial charge >= 0.3 is 0 Å². The van der Waals surface area contributed by atoms with Crippen LogP contribution in [0.5, 0.6) is 0 Å². The average molecular weight is 238 g/mol. The summed E-state index contributed by atoms with van der Waals surface area (Å²) in [6.45, 7) is 1.21. The minimum absolute atomic E-state index is 0.0515. The molecule has 1 fully saturated rings. The number of nitrogens with two attached hydrogens (primary N) is 1. The highest BCUT2D eigenvalue weighted by molar-refractivity contribution is 5.92. The predicted molar refractivity (Wildman–Crippen MR) is 63.0 cm³/mol. The summed E-state index contributed by atoms with van der Waals surface area (Å²) in [5.74, 6) is -0.656. The Hall–Kier alpha value is -1.62. The first-order chi connectivity index (χ1) is 8.16. The highest BCUT2D eigenvalue weighted by Crippen LogP contribution is 2.20. The number of benzene rings is 1. The second-order valence-corrected chi connectivity index (χ2v) is 4.11. The third-order valence-electron chi connectivity index (χ3n) is 2.86. The Morgan fingerprint density at radius 1 is 1.41 bits per heavy atom. The number of anilines is 2. The number of carbonyl (C=O) groups excluding carboxylic acids is 1. The van der Waals surface area contributed by atoms with E-state index in [1.54, 1.807) is 6.07 Å². The average Bonchev–Trinajstić information content (AvgIpc) is 2.35. The zero-order valence-corrected chi connectivity index (χ0v) is 9.41. The number of nitrogens with one attached hydrogen (secondary N) is 1. The molecule has 0 saturated carbocycles. The molecule has 0 aliphatic carbocycles. The van der Waals surface area contributed by atoms with Gasteiger partial charge in [0.05, 0.1) is 5.69 Å². The summed E-state index contributed by atoms with van der Waals surface area (Å²) in [5, 5.41) is 2.69. The van der Waals surface area contributed by atoms with Crippen molar-refractivity contribution in [1.29, 1.82) is 0 Å². The Morgan fingerprint density at radius 2 is 2.12 bits per heavy atom. The van der Waals surface area contributed by atoms with Gasteiger partial charge in [-0.05, 0) is 31.0 Å². The summed E-state index contributed by atoms with van der Waals surface area (Å²) < 4.78 is 18.4. The SMILES string of the molecule is Nc1ccc(NC(=O)C2CCOCC2)cc1F. The van der Waals surface area contributed by atoms with Crippen molar-refractivity contribution < 1.29 is 13.9 Å². The molecule has 4 nitrogen and oxygen atoms in total. The molecule has 1 aromatic carbocycles. The van der Waals surface area contributed by atoms with E-state index in [1.807, 2.05) is 0 Å². The summed E-state index contributed by atoms with van der Waals surface area (Å²) in [6.07, 6.45) is 1.42. The molecule has 1 heterocycles. The number of hydrogen-bond acceptors (Lipinski definition) is 3. The first-order valence-electron chi connectivity index (χ1n) is 5.60. The van der Waals surface area contributed by atoms with Crippen molar-refractivity contribution in [3.8, 4) is 0 Å². The molecule has 0 unspecified atom stereocenters. The lowest BCUT2D eigenvalue weighted by Crippen LogP contribution is -2.28. The van der Waals surface area contributed by atoms with Crippen LogP contribution < -0.4 is 11.1 Å². The van der Waals surface area contributed by atoms with E-state index in [1.165, 1.54) is 12.1 Å². The van der Waals surface area contributed by atoms with Gasteiger partial charge in [-0.2, -0.15) is 0 Å². The number of ether oxygens (including phenoxy) is 1. The van der Waals surface area contributed by atoms with Crippen molar-refractivity contribution in [3.63, 3.8) is 0 Å². The molecule has 17 heavy (non-hydrogen) atoms. The van der Waals surface area contributed by atoms with Crippen LogP contribution >= 0.6 is 0 Å². The maximum atomic E-state index is 13.2.